The van der Waals surface area contributed by atoms with Gasteiger partial charge >= 0.3 is 0 Å². The second-order valence-electron chi connectivity index (χ2n) is 10.6. The van der Waals surface area contributed by atoms with Crippen molar-refractivity contribution in [2.75, 3.05) is 5.32 Å². The average Bonchev–Trinajstić information content (AvgIpc) is 3.45. The Kier molecular flexibility index (Phi) is 6.21. The molecule has 1 saturated carbocycles. The van der Waals surface area contributed by atoms with Gasteiger partial charge in [0.05, 0.1) is 17.6 Å². The van der Waals surface area contributed by atoms with Gasteiger partial charge in [0.25, 0.3) is 5.56 Å². The van der Waals surface area contributed by atoms with Crippen molar-refractivity contribution >= 4 is 11.5 Å². The number of allylic oxidation sites excluding steroid dienone is 2. The maximum Gasteiger partial charge on any atom is 0.267 e. The SMILES string of the molecule is Cn1c(=O)/c(=C(/NCc2ccc(C3C=CC=C(F)N3)cc2)Nc2ccccc2)c(=N)n2c1=N[C@]1(C)CCCC21. The van der Waals surface area contributed by atoms with Crippen molar-refractivity contribution < 1.29 is 4.39 Å². The van der Waals surface area contributed by atoms with Gasteiger partial charge in [0.1, 0.15) is 16.5 Å². The van der Waals surface area contributed by atoms with E-state index in [0.29, 0.717) is 18.0 Å². The second kappa shape index (κ2) is 9.72. The molecule has 39 heavy (non-hydrogen) atoms. The molecule has 6 rings (SSSR count). The molecule has 4 N–H and O–H groups in total. The molecule has 3 atom stereocenters. The zero-order chi connectivity index (χ0) is 27.1. The lowest BCUT2D eigenvalue weighted by Crippen LogP contribution is -2.59. The Morgan fingerprint density at radius 3 is 2.72 bits per heavy atom. The molecule has 1 aliphatic carbocycles. The first-order valence-corrected chi connectivity index (χ1v) is 13.3. The van der Waals surface area contributed by atoms with E-state index in [-0.39, 0.29) is 39.8 Å². The fourth-order valence-electron chi connectivity index (χ4n) is 5.87. The van der Waals surface area contributed by atoms with Gasteiger partial charge in [-0.15, -0.1) is 0 Å². The summed E-state index contributed by atoms with van der Waals surface area (Å²) >= 11 is 0. The van der Waals surface area contributed by atoms with Crippen LogP contribution in [0.25, 0.3) is 5.82 Å². The van der Waals surface area contributed by atoms with Crippen molar-refractivity contribution in [3.05, 3.63) is 117 Å². The number of para-hydroxylation sites is 1. The lowest BCUT2D eigenvalue weighted by atomic mass is 9.98. The van der Waals surface area contributed by atoms with Crippen LogP contribution in [0.5, 0.6) is 0 Å². The molecule has 1 aromatic heterocycles. The number of nitrogens with one attached hydrogen (secondary N) is 4. The van der Waals surface area contributed by atoms with Gasteiger partial charge in [0, 0.05) is 19.3 Å². The van der Waals surface area contributed by atoms with Crippen LogP contribution in [0.3, 0.4) is 0 Å². The molecule has 0 bridgehead atoms. The van der Waals surface area contributed by atoms with Crippen molar-refractivity contribution in [2.24, 2.45) is 12.0 Å². The third-order valence-corrected chi connectivity index (χ3v) is 8.00. The molecule has 0 spiro atoms. The highest BCUT2D eigenvalue weighted by molar-refractivity contribution is 5.62. The van der Waals surface area contributed by atoms with Crippen LogP contribution in [-0.2, 0) is 13.6 Å². The molecule has 3 aliphatic rings. The van der Waals surface area contributed by atoms with Crippen LogP contribution < -0.4 is 37.8 Å². The summed E-state index contributed by atoms with van der Waals surface area (Å²) in [5.74, 6) is 0.118. The number of nitrogens with zero attached hydrogens (tertiary/aromatic N) is 3. The summed E-state index contributed by atoms with van der Waals surface area (Å²) < 4.78 is 17.2. The average molecular weight is 526 g/mol. The lowest BCUT2D eigenvalue weighted by molar-refractivity contribution is 0.368. The van der Waals surface area contributed by atoms with Crippen molar-refractivity contribution in [2.45, 2.75) is 50.4 Å². The molecule has 3 aromatic rings. The normalized spacial score (nSPS) is 23.7. The monoisotopic (exact) mass is 525 g/mol. The molecule has 0 radical (unpaired) electrons. The molecular formula is C30H32FN7O. The first-order chi connectivity index (χ1) is 18.8. The van der Waals surface area contributed by atoms with E-state index < -0.39 is 0 Å². The smallest absolute Gasteiger partial charge is 0.267 e. The minimum Gasteiger partial charge on any atom is -0.367 e. The van der Waals surface area contributed by atoms with Crippen LogP contribution in [-0.4, -0.2) is 14.7 Å². The summed E-state index contributed by atoms with van der Waals surface area (Å²) in [6, 6.07) is 17.4. The number of dihydropyridines is 1. The zero-order valence-electron chi connectivity index (χ0n) is 22.0. The highest BCUT2D eigenvalue weighted by Gasteiger charge is 2.44. The number of hydrogen-bond acceptors (Lipinski definition) is 6. The first kappa shape index (κ1) is 24.9. The molecule has 3 heterocycles. The lowest BCUT2D eigenvalue weighted by Gasteiger charge is -2.22. The van der Waals surface area contributed by atoms with Gasteiger partial charge in [-0.1, -0.05) is 54.6 Å². The third-order valence-electron chi connectivity index (χ3n) is 8.00. The van der Waals surface area contributed by atoms with Gasteiger partial charge in [0.2, 0.25) is 5.62 Å². The number of halogens is 1. The number of hydrogen-bond donors (Lipinski definition) is 4. The number of aromatic nitrogens is 2. The fraction of sp³-hybridized carbons (Fsp3) is 0.300. The predicted octanol–water partition coefficient (Wildman–Crippen LogP) is 2.76. The summed E-state index contributed by atoms with van der Waals surface area (Å²) in [6.07, 6.45) is 7.95. The zero-order valence-corrected chi connectivity index (χ0v) is 22.0. The van der Waals surface area contributed by atoms with Crippen molar-refractivity contribution in [1.82, 2.24) is 19.8 Å². The minimum absolute atomic E-state index is 0.0678. The highest BCUT2D eigenvalue weighted by atomic mass is 19.1. The van der Waals surface area contributed by atoms with Gasteiger partial charge in [0.15, 0.2) is 5.95 Å². The van der Waals surface area contributed by atoms with Crippen LogP contribution in [0.15, 0.2) is 88.6 Å². The quantitative estimate of drug-likeness (QED) is 0.372. The minimum atomic E-state index is -0.356. The van der Waals surface area contributed by atoms with E-state index in [4.69, 9.17) is 4.99 Å². The summed E-state index contributed by atoms with van der Waals surface area (Å²) in [5, 5.41) is 19.1. The Hall–Kier alpha value is -4.40. The molecule has 200 valence electrons. The number of rotatable bonds is 6. The Balaban J connectivity index is 1.39. The maximum atomic E-state index is 13.7. The van der Waals surface area contributed by atoms with E-state index in [1.807, 2.05) is 65.2 Å². The van der Waals surface area contributed by atoms with E-state index >= 15 is 0 Å². The van der Waals surface area contributed by atoms with Gasteiger partial charge in [-0.2, -0.15) is 4.39 Å². The Labute approximate surface area is 225 Å². The highest BCUT2D eigenvalue weighted by Crippen LogP contribution is 2.42. The Morgan fingerprint density at radius 2 is 1.97 bits per heavy atom. The van der Waals surface area contributed by atoms with Gasteiger partial charge in [-0.25, -0.2) is 4.99 Å². The molecule has 8 nitrogen and oxygen atoms in total. The molecule has 0 amide bonds. The van der Waals surface area contributed by atoms with Crippen molar-refractivity contribution in [1.29, 1.82) is 5.41 Å². The molecule has 2 unspecified atom stereocenters. The van der Waals surface area contributed by atoms with Crippen LogP contribution in [0.2, 0.25) is 0 Å². The molecule has 1 fully saturated rings. The Morgan fingerprint density at radius 1 is 1.21 bits per heavy atom. The van der Waals surface area contributed by atoms with Crippen molar-refractivity contribution in [3.63, 3.8) is 0 Å². The first-order valence-electron chi connectivity index (χ1n) is 13.3. The molecule has 2 aliphatic heterocycles. The van der Waals surface area contributed by atoms with Crippen molar-refractivity contribution in [3.8, 4) is 0 Å². The van der Waals surface area contributed by atoms with Crippen LogP contribution in [0.4, 0.5) is 10.1 Å². The predicted molar refractivity (Wildman–Crippen MR) is 149 cm³/mol. The largest absolute Gasteiger partial charge is 0.367 e. The third kappa shape index (κ3) is 4.47. The number of anilines is 1. The van der Waals surface area contributed by atoms with E-state index in [2.05, 4.69) is 22.9 Å². The van der Waals surface area contributed by atoms with Crippen LogP contribution in [0.1, 0.15) is 49.4 Å². The van der Waals surface area contributed by atoms with Gasteiger partial charge < -0.3 is 16.0 Å². The van der Waals surface area contributed by atoms with Crippen LogP contribution in [0, 0.1) is 5.41 Å². The summed E-state index contributed by atoms with van der Waals surface area (Å²) in [4.78, 5) is 18.6. The second-order valence-corrected chi connectivity index (χ2v) is 10.6. The molecule has 0 saturated heterocycles. The molecular weight excluding hydrogens is 493 g/mol. The summed E-state index contributed by atoms with van der Waals surface area (Å²) in [7, 11) is 1.73. The summed E-state index contributed by atoms with van der Waals surface area (Å²) in [5.41, 5.74) is 2.91. The molecule has 2 aromatic carbocycles. The molecule has 9 heteroatoms. The fourth-order valence-corrected chi connectivity index (χ4v) is 5.87. The topological polar surface area (TPSA) is 99.2 Å². The van der Waals surface area contributed by atoms with E-state index in [1.54, 1.807) is 17.7 Å². The number of benzene rings is 2. The van der Waals surface area contributed by atoms with Crippen LogP contribution >= 0.6 is 0 Å². The Bertz CT molecular complexity index is 1720. The maximum absolute atomic E-state index is 13.7. The summed E-state index contributed by atoms with van der Waals surface area (Å²) in [6.45, 7) is 2.55. The van der Waals surface area contributed by atoms with Gasteiger partial charge in [-0.3, -0.25) is 19.3 Å². The van der Waals surface area contributed by atoms with E-state index in [0.717, 1.165) is 36.1 Å². The standard InChI is InChI=1S/C30H32FN7O/c1-30-17-7-11-23(30)38-26(32)25(28(39)37(2)29(38)36-30)27(34-21-8-4-3-5-9-21)33-18-19-13-15-20(16-14-19)22-10-6-12-24(31)35-22/h3-6,8-10,12-16,22-23,32-35H,7,11,17-18H2,1-2H3/b27-25-,32-26?/t22?,23?,30-/m1/s1. The van der Waals surface area contributed by atoms with E-state index in [9.17, 15) is 14.6 Å². The number of fused-ring (bicyclic) bond motifs is 3. The van der Waals surface area contributed by atoms with Gasteiger partial charge in [-0.05, 0) is 55.5 Å². The van der Waals surface area contributed by atoms with E-state index in [1.165, 1.54) is 6.08 Å².